The van der Waals surface area contributed by atoms with E-state index in [1.165, 1.54) is 69.3 Å². The Hall–Kier alpha value is -1.39. The molecule has 0 bridgehead atoms. The number of nitrogens with zero attached hydrogens (tertiary/aromatic N) is 1. The summed E-state index contributed by atoms with van der Waals surface area (Å²) < 4.78 is 5.49. The fourth-order valence-electron chi connectivity index (χ4n) is 5.51. The van der Waals surface area contributed by atoms with Crippen LogP contribution in [-0.2, 0) is 14.9 Å². The van der Waals surface area contributed by atoms with E-state index in [0.29, 0.717) is 5.41 Å². The summed E-state index contributed by atoms with van der Waals surface area (Å²) in [6.07, 6.45) is 8.60. The number of nitrogens with one attached hydrogen (secondary N) is 1. The Balaban J connectivity index is 1.39. The lowest BCUT2D eigenvalue weighted by molar-refractivity contribution is -0.119. The van der Waals surface area contributed by atoms with E-state index in [4.69, 9.17) is 4.74 Å². The summed E-state index contributed by atoms with van der Waals surface area (Å²) in [5.41, 5.74) is 3.18. The van der Waals surface area contributed by atoms with E-state index >= 15 is 0 Å². The highest BCUT2D eigenvalue weighted by molar-refractivity contribution is 5.73. The number of ether oxygens (including phenoxy) is 1. The molecule has 0 radical (unpaired) electrons. The van der Waals surface area contributed by atoms with Crippen molar-refractivity contribution < 1.29 is 9.53 Å². The summed E-state index contributed by atoms with van der Waals surface area (Å²) in [5, 5.41) is 3.17. The van der Waals surface area contributed by atoms with Gasteiger partial charge in [-0.1, -0.05) is 24.3 Å². The first-order valence-corrected chi connectivity index (χ1v) is 10.8. The third-order valence-electron chi connectivity index (χ3n) is 7.20. The zero-order valence-corrected chi connectivity index (χ0v) is 16.7. The first kappa shape index (κ1) is 18.9. The Bertz CT molecular complexity index is 646. The van der Waals surface area contributed by atoms with Gasteiger partial charge < -0.3 is 15.0 Å². The number of benzene rings is 1. The lowest BCUT2D eigenvalue weighted by Gasteiger charge is -2.47. The molecular weight excluding hydrogens is 336 g/mol. The van der Waals surface area contributed by atoms with Gasteiger partial charge in [-0.15, -0.1) is 0 Å². The SMILES string of the molecule is CC(=O)NC1CCC2(CCN(CCC3CCOCC3)CC2)c2ccccc21. The second-order valence-electron chi connectivity index (χ2n) is 8.85. The number of piperidine rings is 1. The standard InChI is InChI=1S/C23H34N2O2/c1-18(26)24-22-6-10-23(21-5-3-2-4-20(21)22)11-14-25(15-12-23)13-7-19-8-16-27-17-9-19/h2-5,19,22H,6-17H2,1H3,(H,24,26). The van der Waals surface area contributed by atoms with Crippen LogP contribution in [0.3, 0.4) is 0 Å². The molecule has 2 saturated heterocycles. The fraction of sp³-hybridized carbons (Fsp3) is 0.696. The van der Waals surface area contributed by atoms with Gasteiger partial charge in [0.1, 0.15) is 0 Å². The summed E-state index contributed by atoms with van der Waals surface area (Å²) in [6.45, 7) is 7.21. The molecule has 2 fully saturated rings. The predicted octanol–water partition coefficient (Wildman–Crippen LogP) is 3.81. The van der Waals surface area contributed by atoms with Crippen molar-refractivity contribution in [3.63, 3.8) is 0 Å². The molecule has 1 aromatic carbocycles. The summed E-state index contributed by atoms with van der Waals surface area (Å²) in [4.78, 5) is 14.3. The quantitative estimate of drug-likeness (QED) is 0.876. The van der Waals surface area contributed by atoms with Crippen molar-refractivity contribution in [2.45, 2.75) is 63.3 Å². The van der Waals surface area contributed by atoms with Gasteiger partial charge in [0, 0.05) is 20.1 Å². The van der Waals surface area contributed by atoms with Gasteiger partial charge in [-0.25, -0.2) is 0 Å². The van der Waals surface area contributed by atoms with Gasteiger partial charge in [0.2, 0.25) is 5.91 Å². The van der Waals surface area contributed by atoms with Crippen LogP contribution in [0.1, 0.15) is 69.0 Å². The van der Waals surface area contributed by atoms with E-state index in [1.54, 1.807) is 6.92 Å². The minimum atomic E-state index is 0.0775. The number of likely N-dealkylation sites (tertiary alicyclic amines) is 1. The predicted molar refractivity (Wildman–Crippen MR) is 108 cm³/mol. The number of carbonyl (C=O) groups is 1. The molecular formula is C23H34N2O2. The van der Waals surface area contributed by atoms with E-state index in [0.717, 1.165) is 25.6 Å². The maximum Gasteiger partial charge on any atom is 0.217 e. The first-order chi connectivity index (χ1) is 13.2. The summed E-state index contributed by atoms with van der Waals surface area (Å²) >= 11 is 0. The Morgan fingerprint density at radius 1 is 1.15 bits per heavy atom. The van der Waals surface area contributed by atoms with E-state index in [2.05, 4.69) is 34.5 Å². The van der Waals surface area contributed by atoms with Crippen molar-refractivity contribution in [2.24, 2.45) is 5.92 Å². The smallest absolute Gasteiger partial charge is 0.217 e. The van der Waals surface area contributed by atoms with Crippen LogP contribution in [0.2, 0.25) is 0 Å². The van der Waals surface area contributed by atoms with Crippen molar-refractivity contribution in [3.05, 3.63) is 35.4 Å². The second kappa shape index (κ2) is 8.32. The molecule has 1 aliphatic carbocycles. The zero-order chi connectivity index (χ0) is 18.7. The van der Waals surface area contributed by atoms with Crippen LogP contribution < -0.4 is 5.32 Å². The van der Waals surface area contributed by atoms with Crippen molar-refractivity contribution in [3.8, 4) is 0 Å². The zero-order valence-electron chi connectivity index (χ0n) is 16.7. The summed E-state index contributed by atoms with van der Waals surface area (Å²) in [6, 6.07) is 9.04. The molecule has 1 unspecified atom stereocenters. The number of hydrogen-bond acceptors (Lipinski definition) is 3. The van der Waals surface area contributed by atoms with Gasteiger partial charge >= 0.3 is 0 Å². The molecule has 4 nitrogen and oxygen atoms in total. The van der Waals surface area contributed by atoms with Crippen molar-refractivity contribution in [1.29, 1.82) is 0 Å². The number of hydrogen-bond donors (Lipinski definition) is 1. The van der Waals surface area contributed by atoms with Crippen LogP contribution >= 0.6 is 0 Å². The number of carbonyl (C=O) groups excluding carboxylic acids is 1. The summed E-state index contributed by atoms with van der Waals surface area (Å²) in [7, 11) is 0. The molecule has 2 heterocycles. The van der Waals surface area contributed by atoms with Crippen LogP contribution in [-0.4, -0.2) is 43.7 Å². The topological polar surface area (TPSA) is 41.6 Å². The van der Waals surface area contributed by atoms with Gasteiger partial charge in [-0.2, -0.15) is 0 Å². The van der Waals surface area contributed by atoms with Gasteiger partial charge in [-0.05, 0) is 87.0 Å². The molecule has 1 atom stereocenters. The number of fused-ring (bicyclic) bond motifs is 2. The van der Waals surface area contributed by atoms with Crippen molar-refractivity contribution in [1.82, 2.24) is 10.2 Å². The molecule has 0 aromatic heterocycles. The highest BCUT2D eigenvalue weighted by Gasteiger charge is 2.41. The maximum atomic E-state index is 11.6. The van der Waals surface area contributed by atoms with Crippen LogP contribution in [0, 0.1) is 5.92 Å². The molecule has 1 spiro atoms. The Morgan fingerprint density at radius 2 is 1.89 bits per heavy atom. The van der Waals surface area contributed by atoms with E-state index in [-0.39, 0.29) is 11.9 Å². The van der Waals surface area contributed by atoms with Crippen LogP contribution in [0.15, 0.2) is 24.3 Å². The monoisotopic (exact) mass is 370 g/mol. The summed E-state index contributed by atoms with van der Waals surface area (Å²) in [5.74, 6) is 0.942. The first-order valence-electron chi connectivity index (χ1n) is 10.8. The normalized spacial score (nSPS) is 25.9. The average Bonchev–Trinajstić information content (AvgIpc) is 2.71. The highest BCUT2D eigenvalue weighted by Crippen LogP contribution is 2.47. The van der Waals surface area contributed by atoms with Gasteiger partial charge in [0.15, 0.2) is 0 Å². The van der Waals surface area contributed by atoms with E-state index < -0.39 is 0 Å². The highest BCUT2D eigenvalue weighted by atomic mass is 16.5. The number of amides is 1. The van der Waals surface area contributed by atoms with Gasteiger partial charge in [-0.3, -0.25) is 4.79 Å². The Labute approximate surface area is 163 Å². The Kier molecular flexibility index (Phi) is 5.84. The fourth-order valence-corrected chi connectivity index (χ4v) is 5.51. The van der Waals surface area contributed by atoms with Crippen molar-refractivity contribution in [2.75, 3.05) is 32.8 Å². The molecule has 1 amide bonds. The van der Waals surface area contributed by atoms with Crippen LogP contribution in [0.5, 0.6) is 0 Å². The molecule has 0 saturated carbocycles. The van der Waals surface area contributed by atoms with Crippen molar-refractivity contribution >= 4 is 5.91 Å². The van der Waals surface area contributed by atoms with Crippen LogP contribution in [0.25, 0.3) is 0 Å². The lowest BCUT2D eigenvalue weighted by atomic mass is 9.63. The molecule has 3 aliphatic rings. The molecule has 27 heavy (non-hydrogen) atoms. The van der Waals surface area contributed by atoms with Gasteiger partial charge in [0.05, 0.1) is 6.04 Å². The Morgan fingerprint density at radius 3 is 2.63 bits per heavy atom. The third-order valence-corrected chi connectivity index (χ3v) is 7.20. The third kappa shape index (κ3) is 4.22. The number of rotatable bonds is 4. The molecule has 1 aromatic rings. The van der Waals surface area contributed by atoms with E-state index in [9.17, 15) is 4.79 Å². The minimum Gasteiger partial charge on any atom is -0.381 e. The largest absolute Gasteiger partial charge is 0.381 e. The molecule has 4 rings (SSSR count). The molecule has 2 aliphatic heterocycles. The minimum absolute atomic E-state index is 0.0775. The molecule has 148 valence electrons. The van der Waals surface area contributed by atoms with Crippen LogP contribution in [0.4, 0.5) is 0 Å². The second-order valence-corrected chi connectivity index (χ2v) is 8.85. The maximum absolute atomic E-state index is 11.6. The van der Waals surface area contributed by atoms with E-state index in [1.807, 2.05) is 0 Å². The molecule has 1 N–H and O–H groups in total. The molecule has 4 heteroatoms. The lowest BCUT2D eigenvalue weighted by Crippen LogP contribution is -2.46. The van der Waals surface area contributed by atoms with Gasteiger partial charge in [0.25, 0.3) is 0 Å². The average molecular weight is 371 g/mol.